The van der Waals surface area contributed by atoms with E-state index in [9.17, 15) is 5.26 Å². The van der Waals surface area contributed by atoms with Crippen LogP contribution in [-0.4, -0.2) is 20.2 Å². The number of nitriles is 1. The highest BCUT2D eigenvalue weighted by molar-refractivity contribution is 5.68. The standard InChI is InChI=1S/C17H12N6O/c18-9-11-13(10-4-7-20-8-5-10)14-15(12-3-1-2-6-21-12)22-23-17(14)24-16(11)19/h1-8,13H,19H2,(H,22,23)/t13-/m0/s1. The van der Waals surface area contributed by atoms with Gasteiger partial charge < -0.3 is 10.5 Å². The van der Waals surface area contributed by atoms with Crippen LogP contribution < -0.4 is 10.5 Å². The highest BCUT2D eigenvalue weighted by atomic mass is 16.5. The minimum atomic E-state index is -0.391. The first-order valence-corrected chi connectivity index (χ1v) is 7.26. The first-order chi connectivity index (χ1) is 11.8. The maximum atomic E-state index is 9.59. The highest BCUT2D eigenvalue weighted by Crippen LogP contribution is 2.44. The molecule has 0 saturated heterocycles. The van der Waals surface area contributed by atoms with Gasteiger partial charge in [0, 0.05) is 18.6 Å². The number of pyridine rings is 2. The van der Waals surface area contributed by atoms with Gasteiger partial charge in [0.2, 0.25) is 11.8 Å². The molecule has 3 N–H and O–H groups in total. The second-order valence-corrected chi connectivity index (χ2v) is 5.24. The lowest BCUT2D eigenvalue weighted by molar-refractivity contribution is 0.379. The first kappa shape index (κ1) is 14.0. The van der Waals surface area contributed by atoms with Crippen LogP contribution in [0.15, 0.2) is 60.4 Å². The fourth-order valence-corrected chi connectivity index (χ4v) is 2.84. The minimum Gasteiger partial charge on any atom is -0.420 e. The zero-order valence-electron chi connectivity index (χ0n) is 12.5. The molecular formula is C17H12N6O. The molecule has 0 fully saturated rings. The molecule has 3 aromatic heterocycles. The van der Waals surface area contributed by atoms with Crippen LogP contribution in [0.5, 0.6) is 5.88 Å². The summed E-state index contributed by atoms with van der Waals surface area (Å²) >= 11 is 0. The number of nitrogens with two attached hydrogens (primary N) is 1. The lowest BCUT2D eigenvalue weighted by Gasteiger charge is -2.23. The van der Waals surface area contributed by atoms with E-state index in [-0.39, 0.29) is 5.88 Å². The van der Waals surface area contributed by atoms with Crippen LogP contribution >= 0.6 is 0 Å². The van der Waals surface area contributed by atoms with Crippen LogP contribution in [0.4, 0.5) is 0 Å². The van der Waals surface area contributed by atoms with E-state index >= 15 is 0 Å². The number of ether oxygens (including phenoxy) is 1. The molecule has 1 aliphatic rings. The number of aromatic amines is 1. The Morgan fingerprint density at radius 2 is 2.00 bits per heavy atom. The Labute approximate surface area is 137 Å². The third-order valence-electron chi connectivity index (χ3n) is 3.90. The molecule has 3 aromatic rings. The number of nitrogens with one attached hydrogen (secondary N) is 1. The van der Waals surface area contributed by atoms with Gasteiger partial charge in [-0.15, -0.1) is 5.10 Å². The lowest BCUT2D eigenvalue weighted by atomic mass is 9.84. The average molecular weight is 316 g/mol. The number of allylic oxidation sites excluding steroid dienone is 1. The molecule has 0 aromatic carbocycles. The van der Waals surface area contributed by atoms with Crippen LogP contribution in [0.1, 0.15) is 17.0 Å². The van der Waals surface area contributed by atoms with Crippen molar-refractivity contribution < 1.29 is 4.74 Å². The van der Waals surface area contributed by atoms with Crippen molar-refractivity contribution in [2.45, 2.75) is 5.92 Å². The largest absolute Gasteiger partial charge is 0.420 e. The van der Waals surface area contributed by atoms with E-state index in [0.29, 0.717) is 22.8 Å². The molecule has 0 spiro atoms. The molecule has 24 heavy (non-hydrogen) atoms. The number of hydrogen-bond donors (Lipinski definition) is 2. The summed E-state index contributed by atoms with van der Waals surface area (Å²) in [6, 6.07) is 11.4. The predicted octanol–water partition coefficient (Wildman–Crippen LogP) is 2.08. The van der Waals surface area contributed by atoms with Crippen molar-refractivity contribution in [1.82, 2.24) is 20.2 Å². The van der Waals surface area contributed by atoms with Crippen molar-refractivity contribution in [2.24, 2.45) is 5.73 Å². The summed E-state index contributed by atoms with van der Waals surface area (Å²) in [5.74, 6) is 0.0253. The average Bonchev–Trinajstić information content (AvgIpc) is 3.05. The van der Waals surface area contributed by atoms with Crippen molar-refractivity contribution in [3.63, 3.8) is 0 Å². The maximum Gasteiger partial charge on any atom is 0.244 e. The zero-order chi connectivity index (χ0) is 16.5. The van der Waals surface area contributed by atoms with Gasteiger partial charge in [0.25, 0.3) is 0 Å². The highest BCUT2D eigenvalue weighted by Gasteiger charge is 2.35. The minimum absolute atomic E-state index is 0.0610. The third kappa shape index (κ3) is 2.09. The summed E-state index contributed by atoms with van der Waals surface area (Å²) in [5, 5.41) is 16.7. The van der Waals surface area contributed by atoms with Crippen LogP contribution in [0.3, 0.4) is 0 Å². The molecule has 0 saturated carbocycles. The van der Waals surface area contributed by atoms with E-state index in [1.54, 1.807) is 18.6 Å². The SMILES string of the molecule is N#CC1=C(N)Oc2n[nH]c(-c3ccccn3)c2[C@H]1c1ccncc1. The van der Waals surface area contributed by atoms with Crippen molar-refractivity contribution in [3.05, 3.63) is 71.5 Å². The lowest BCUT2D eigenvalue weighted by Crippen LogP contribution is -2.21. The van der Waals surface area contributed by atoms with Crippen LogP contribution in [0, 0.1) is 11.3 Å². The molecule has 0 amide bonds. The molecular weight excluding hydrogens is 304 g/mol. The van der Waals surface area contributed by atoms with E-state index in [0.717, 1.165) is 11.1 Å². The molecule has 0 aliphatic carbocycles. The van der Waals surface area contributed by atoms with E-state index < -0.39 is 5.92 Å². The molecule has 4 heterocycles. The Hall–Kier alpha value is -3.66. The van der Waals surface area contributed by atoms with Crippen LogP contribution in [-0.2, 0) is 0 Å². The molecule has 4 rings (SSSR count). The van der Waals surface area contributed by atoms with E-state index in [1.165, 1.54) is 0 Å². The molecule has 7 heteroatoms. The second kappa shape index (κ2) is 5.52. The summed E-state index contributed by atoms with van der Waals surface area (Å²) in [5.41, 5.74) is 9.31. The van der Waals surface area contributed by atoms with Gasteiger partial charge in [0.05, 0.1) is 22.9 Å². The Balaban J connectivity index is 1.96. The Morgan fingerprint density at radius 1 is 1.17 bits per heavy atom. The number of rotatable bonds is 2. The zero-order valence-corrected chi connectivity index (χ0v) is 12.5. The van der Waals surface area contributed by atoms with Gasteiger partial charge >= 0.3 is 0 Å². The first-order valence-electron chi connectivity index (χ1n) is 7.26. The molecule has 116 valence electrons. The summed E-state index contributed by atoms with van der Waals surface area (Å²) in [7, 11) is 0. The van der Waals surface area contributed by atoms with Crippen molar-refractivity contribution in [1.29, 1.82) is 5.26 Å². The monoisotopic (exact) mass is 316 g/mol. The smallest absolute Gasteiger partial charge is 0.244 e. The molecule has 0 bridgehead atoms. The number of H-pyrrole nitrogens is 1. The number of aromatic nitrogens is 4. The summed E-state index contributed by atoms with van der Waals surface area (Å²) in [6.45, 7) is 0. The van der Waals surface area contributed by atoms with E-state index in [4.69, 9.17) is 10.5 Å². The summed E-state index contributed by atoms with van der Waals surface area (Å²) < 4.78 is 5.54. The normalized spacial score (nSPS) is 16.2. The number of hydrogen-bond acceptors (Lipinski definition) is 6. The third-order valence-corrected chi connectivity index (χ3v) is 3.90. The number of nitrogens with zero attached hydrogens (tertiary/aromatic N) is 4. The van der Waals surface area contributed by atoms with Crippen molar-refractivity contribution >= 4 is 0 Å². The predicted molar refractivity (Wildman–Crippen MR) is 85.4 cm³/mol. The topological polar surface area (TPSA) is 114 Å². The van der Waals surface area contributed by atoms with Gasteiger partial charge in [-0.25, -0.2) is 0 Å². The fourth-order valence-electron chi connectivity index (χ4n) is 2.84. The van der Waals surface area contributed by atoms with Gasteiger partial charge in [-0.1, -0.05) is 6.07 Å². The quantitative estimate of drug-likeness (QED) is 0.748. The van der Waals surface area contributed by atoms with Crippen molar-refractivity contribution in [3.8, 4) is 23.3 Å². The van der Waals surface area contributed by atoms with Gasteiger partial charge in [-0.3, -0.25) is 15.1 Å². The molecule has 0 radical (unpaired) electrons. The Kier molecular flexibility index (Phi) is 3.21. The fraction of sp³-hybridized carbons (Fsp3) is 0.0588. The van der Waals surface area contributed by atoms with Gasteiger partial charge in [0.15, 0.2) is 0 Å². The molecule has 1 aliphatic heterocycles. The van der Waals surface area contributed by atoms with E-state index in [1.807, 2.05) is 30.3 Å². The maximum absolute atomic E-state index is 9.59. The molecule has 1 atom stereocenters. The van der Waals surface area contributed by atoms with Crippen molar-refractivity contribution in [2.75, 3.05) is 0 Å². The van der Waals surface area contributed by atoms with E-state index in [2.05, 4.69) is 26.2 Å². The summed E-state index contributed by atoms with van der Waals surface area (Å²) in [6.07, 6.45) is 5.05. The van der Waals surface area contributed by atoms with Gasteiger partial charge in [0.1, 0.15) is 11.6 Å². The molecule has 0 unspecified atom stereocenters. The summed E-state index contributed by atoms with van der Waals surface area (Å²) in [4.78, 5) is 8.40. The van der Waals surface area contributed by atoms with Crippen LogP contribution in [0.25, 0.3) is 11.4 Å². The Bertz CT molecular complexity index is 956. The Morgan fingerprint density at radius 3 is 2.71 bits per heavy atom. The molecule has 7 nitrogen and oxygen atoms in total. The number of fused-ring (bicyclic) bond motifs is 1. The van der Waals surface area contributed by atoms with Gasteiger partial charge in [-0.2, -0.15) is 5.26 Å². The van der Waals surface area contributed by atoms with Crippen LogP contribution in [0.2, 0.25) is 0 Å². The van der Waals surface area contributed by atoms with Gasteiger partial charge in [-0.05, 0) is 29.8 Å². The second-order valence-electron chi connectivity index (χ2n) is 5.24.